The lowest BCUT2D eigenvalue weighted by molar-refractivity contribution is 0.811. The topological polar surface area (TPSA) is 56.7 Å². The smallest absolute Gasteiger partial charge is 0.0877 e. The van der Waals surface area contributed by atoms with Gasteiger partial charge in [-0.25, -0.2) is 4.68 Å². The highest BCUT2D eigenvalue weighted by molar-refractivity contribution is 6.30. The normalized spacial score (nSPS) is 10.8. The Kier molecular flexibility index (Phi) is 4.45. The average molecular weight is 291 g/mol. The summed E-state index contributed by atoms with van der Waals surface area (Å²) in [6.07, 6.45) is 6.25. The van der Waals surface area contributed by atoms with Crippen LogP contribution in [-0.4, -0.2) is 14.8 Å². The number of hydrogen-bond acceptors (Lipinski definition) is 3. The number of nitrogens with two attached hydrogens (primary N) is 1. The van der Waals surface area contributed by atoms with E-state index < -0.39 is 0 Å². The predicted octanol–water partition coefficient (Wildman–Crippen LogP) is 3.37. The molecule has 4 nitrogen and oxygen atoms in total. The first-order chi connectivity index (χ1) is 9.56. The molecule has 0 saturated heterocycles. The van der Waals surface area contributed by atoms with Crippen LogP contribution in [0.25, 0.3) is 11.4 Å². The van der Waals surface area contributed by atoms with Crippen molar-refractivity contribution in [1.82, 2.24) is 14.8 Å². The molecule has 0 bridgehead atoms. The zero-order valence-electron chi connectivity index (χ0n) is 11.9. The fraction of sp³-hybridized carbons (Fsp3) is 0.333. The number of halogens is 1. The van der Waals surface area contributed by atoms with Crippen molar-refractivity contribution in [3.05, 3.63) is 47.0 Å². The number of hydrogen-bond donors (Lipinski definition) is 1. The van der Waals surface area contributed by atoms with Gasteiger partial charge in [0.1, 0.15) is 0 Å². The van der Waals surface area contributed by atoms with Crippen LogP contribution in [-0.2, 0) is 12.8 Å². The molecule has 0 radical (unpaired) electrons. The molecule has 0 unspecified atom stereocenters. The molecular weight excluding hydrogens is 272 g/mol. The van der Waals surface area contributed by atoms with Crippen molar-refractivity contribution in [2.45, 2.75) is 33.1 Å². The van der Waals surface area contributed by atoms with Crippen molar-refractivity contribution in [2.75, 3.05) is 0 Å². The predicted molar refractivity (Wildman–Crippen MR) is 83.0 cm³/mol. The molecule has 20 heavy (non-hydrogen) atoms. The van der Waals surface area contributed by atoms with Crippen molar-refractivity contribution in [3.63, 3.8) is 0 Å². The molecule has 5 heteroatoms. The number of nitrogens with zero attached hydrogens (tertiary/aromatic N) is 3. The van der Waals surface area contributed by atoms with Crippen molar-refractivity contribution in [3.8, 4) is 5.69 Å². The van der Waals surface area contributed by atoms with Crippen LogP contribution in [0.1, 0.15) is 37.2 Å². The Labute approximate surface area is 124 Å². The number of aryl methyl sites for hydroxylation is 1. The molecule has 0 aliphatic rings. The van der Waals surface area contributed by atoms with E-state index in [4.69, 9.17) is 17.3 Å². The largest absolute Gasteiger partial charge is 0.397 e. The molecule has 2 N–H and O–H groups in total. The zero-order chi connectivity index (χ0) is 14.7. The Morgan fingerprint density at radius 3 is 2.70 bits per heavy atom. The summed E-state index contributed by atoms with van der Waals surface area (Å²) >= 11 is 5.97. The van der Waals surface area contributed by atoms with Crippen molar-refractivity contribution in [2.24, 2.45) is 5.73 Å². The number of aromatic nitrogens is 3. The van der Waals surface area contributed by atoms with Crippen LogP contribution in [0.2, 0.25) is 5.02 Å². The first kappa shape index (κ1) is 14.6. The third-order valence-corrected chi connectivity index (χ3v) is 3.34. The molecule has 0 saturated carbocycles. The van der Waals surface area contributed by atoms with Crippen molar-refractivity contribution in [1.29, 1.82) is 0 Å². The first-order valence-electron chi connectivity index (χ1n) is 6.74. The van der Waals surface area contributed by atoms with E-state index in [0.29, 0.717) is 16.4 Å². The monoisotopic (exact) mass is 290 g/mol. The standard InChI is InChI=1S/C15H19ClN4/c1-4-6-12-13(5-2)19-14(10(3)17)7-15(12)20-9-11(16)8-18-20/h7-9H,3-6,17H2,1-2H3. The lowest BCUT2D eigenvalue weighted by atomic mass is 10.0. The van der Waals surface area contributed by atoms with E-state index in [0.717, 1.165) is 30.6 Å². The van der Waals surface area contributed by atoms with Gasteiger partial charge in [-0.1, -0.05) is 38.4 Å². The maximum Gasteiger partial charge on any atom is 0.0877 e. The molecule has 0 fully saturated rings. The van der Waals surface area contributed by atoms with Gasteiger partial charge in [0.2, 0.25) is 0 Å². The van der Waals surface area contributed by atoms with Gasteiger partial charge in [-0.2, -0.15) is 5.10 Å². The second-order valence-corrected chi connectivity index (χ2v) is 5.12. The molecular formula is C15H19ClN4. The molecule has 2 aromatic rings. The molecule has 2 rings (SSSR count). The molecule has 0 amide bonds. The number of rotatable bonds is 5. The minimum absolute atomic E-state index is 0.460. The van der Waals surface area contributed by atoms with E-state index in [1.54, 1.807) is 17.1 Å². The second kappa shape index (κ2) is 6.09. The molecule has 0 aromatic carbocycles. The second-order valence-electron chi connectivity index (χ2n) is 4.68. The minimum atomic E-state index is 0.460. The summed E-state index contributed by atoms with van der Waals surface area (Å²) in [6, 6.07) is 1.93. The third kappa shape index (κ3) is 2.85. The summed E-state index contributed by atoms with van der Waals surface area (Å²) in [4.78, 5) is 4.60. The molecule has 2 heterocycles. The minimum Gasteiger partial charge on any atom is -0.397 e. The van der Waals surface area contributed by atoms with Gasteiger partial charge in [0, 0.05) is 11.9 Å². The lowest BCUT2D eigenvalue weighted by Gasteiger charge is -2.15. The Bertz CT molecular complexity index is 631. The number of pyridine rings is 1. The van der Waals surface area contributed by atoms with Crippen LogP contribution in [0, 0.1) is 0 Å². The maximum absolute atomic E-state index is 5.97. The summed E-state index contributed by atoms with van der Waals surface area (Å²) < 4.78 is 1.78. The van der Waals surface area contributed by atoms with E-state index >= 15 is 0 Å². The van der Waals surface area contributed by atoms with E-state index in [9.17, 15) is 0 Å². The van der Waals surface area contributed by atoms with Crippen molar-refractivity contribution >= 4 is 17.3 Å². The van der Waals surface area contributed by atoms with E-state index in [2.05, 4.69) is 30.5 Å². The lowest BCUT2D eigenvalue weighted by Crippen LogP contribution is -2.10. The Morgan fingerprint density at radius 1 is 1.45 bits per heavy atom. The highest BCUT2D eigenvalue weighted by Gasteiger charge is 2.14. The van der Waals surface area contributed by atoms with E-state index in [1.807, 2.05) is 6.07 Å². The van der Waals surface area contributed by atoms with Gasteiger partial charge in [0.25, 0.3) is 0 Å². The van der Waals surface area contributed by atoms with Crippen LogP contribution in [0.5, 0.6) is 0 Å². The van der Waals surface area contributed by atoms with Gasteiger partial charge in [-0.3, -0.25) is 4.98 Å². The fourth-order valence-corrected chi connectivity index (χ4v) is 2.36. The molecule has 0 atom stereocenters. The highest BCUT2D eigenvalue weighted by atomic mass is 35.5. The van der Waals surface area contributed by atoms with Gasteiger partial charge < -0.3 is 5.73 Å². The van der Waals surface area contributed by atoms with Gasteiger partial charge in [0.05, 0.1) is 28.3 Å². The summed E-state index contributed by atoms with van der Waals surface area (Å²) in [6.45, 7) is 8.01. The van der Waals surface area contributed by atoms with Crippen LogP contribution < -0.4 is 5.73 Å². The van der Waals surface area contributed by atoms with Gasteiger partial charge in [0.15, 0.2) is 0 Å². The molecule has 0 aliphatic carbocycles. The summed E-state index contributed by atoms with van der Waals surface area (Å²) in [5.74, 6) is 0. The molecule has 106 valence electrons. The average Bonchev–Trinajstić information content (AvgIpc) is 2.85. The summed E-state index contributed by atoms with van der Waals surface area (Å²) in [5, 5.41) is 4.90. The molecule has 2 aromatic heterocycles. The molecule has 0 aliphatic heterocycles. The first-order valence-corrected chi connectivity index (χ1v) is 7.12. The van der Waals surface area contributed by atoms with Crippen LogP contribution in [0.15, 0.2) is 25.0 Å². The quantitative estimate of drug-likeness (QED) is 0.918. The van der Waals surface area contributed by atoms with Gasteiger partial charge in [-0.05, 0) is 24.5 Å². The third-order valence-electron chi connectivity index (χ3n) is 3.15. The zero-order valence-corrected chi connectivity index (χ0v) is 12.6. The summed E-state index contributed by atoms with van der Waals surface area (Å²) in [7, 11) is 0. The Morgan fingerprint density at radius 2 is 2.20 bits per heavy atom. The maximum atomic E-state index is 5.97. The van der Waals surface area contributed by atoms with Crippen molar-refractivity contribution < 1.29 is 0 Å². The van der Waals surface area contributed by atoms with Crippen LogP contribution >= 0.6 is 11.6 Å². The highest BCUT2D eigenvalue weighted by Crippen LogP contribution is 2.23. The molecule has 0 spiro atoms. The van der Waals surface area contributed by atoms with Gasteiger partial charge in [-0.15, -0.1) is 0 Å². The fourth-order valence-electron chi connectivity index (χ4n) is 2.23. The van der Waals surface area contributed by atoms with Gasteiger partial charge >= 0.3 is 0 Å². The Hall–Kier alpha value is -1.81. The van der Waals surface area contributed by atoms with E-state index in [1.165, 1.54) is 5.56 Å². The van der Waals surface area contributed by atoms with Crippen LogP contribution in [0.4, 0.5) is 0 Å². The Balaban J connectivity index is 2.67. The van der Waals surface area contributed by atoms with E-state index in [-0.39, 0.29) is 0 Å². The summed E-state index contributed by atoms with van der Waals surface area (Å²) in [5.41, 5.74) is 10.2. The SMILES string of the molecule is C=C(N)c1cc(-n2cc(Cl)cn2)c(CCC)c(CC)n1. The van der Waals surface area contributed by atoms with Crippen LogP contribution in [0.3, 0.4) is 0 Å².